The number of nitrogens with zero attached hydrogens (tertiary/aromatic N) is 2. The number of amides is 2. The van der Waals surface area contributed by atoms with Gasteiger partial charge >= 0.3 is 5.97 Å². The molecule has 0 spiro atoms. The molecule has 2 saturated heterocycles. The summed E-state index contributed by atoms with van der Waals surface area (Å²) in [5.74, 6) is -0.927. The number of fused-ring (bicyclic) bond motifs is 1. The predicted molar refractivity (Wildman–Crippen MR) is 140 cm³/mol. The van der Waals surface area contributed by atoms with E-state index in [1.165, 1.54) is 33.6 Å². The molecule has 36 heavy (non-hydrogen) atoms. The highest BCUT2D eigenvalue weighted by Gasteiger charge is 2.70. The van der Waals surface area contributed by atoms with Crippen LogP contribution in [-0.2, 0) is 14.4 Å². The highest BCUT2D eigenvalue weighted by molar-refractivity contribution is 8.01. The molecule has 1 aromatic heterocycles. The second-order valence-electron chi connectivity index (χ2n) is 10.6. The Kier molecular flexibility index (Phi) is 6.53. The first-order valence-electron chi connectivity index (χ1n) is 12.4. The summed E-state index contributed by atoms with van der Waals surface area (Å²) in [5, 5.41) is 15.3. The molecule has 1 aliphatic carbocycles. The van der Waals surface area contributed by atoms with E-state index in [4.69, 9.17) is 5.73 Å². The number of carbonyl (C=O) groups excluding carboxylic acids is 2. The third-order valence-electron chi connectivity index (χ3n) is 8.13. The van der Waals surface area contributed by atoms with Crippen LogP contribution in [0.5, 0.6) is 0 Å². The Morgan fingerprint density at radius 3 is 2.64 bits per heavy atom. The van der Waals surface area contributed by atoms with Gasteiger partial charge in [0.15, 0.2) is 5.13 Å². The van der Waals surface area contributed by atoms with E-state index < -0.39 is 16.4 Å². The number of carboxylic acids is 1. The summed E-state index contributed by atoms with van der Waals surface area (Å²) in [4.78, 5) is 44.0. The van der Waals surface area contributed by atoms with Gasteiger partial charge in [0.2, 0.25) is 17.5 Å². The van der Waals surface area contributed by atoms with E-state index in [-0.39, 0.29) is 35.4 Å². The Morgan fingerprint density at radius 2 is 2.00 bits per heavy atom. The van der Waals surface area contributed by atoms with Gasteiger partial charge < -0.3 is 16.2 Å². The summed E-state index contributed by atoms with van der Waals surface area (Å²) in [5.41, 5.74) is 6.52. The van der Waals surface area contributed by atoms with Crippen LogP contribution < -0.4 is 11.1 Å². The van der Waals surface area contributed by atoms with Gasteiger partial charge in [0.1, 0.15) is 0 Å². The number of aromatic nitrogens is 1. The fourth-order valence-corrected chi connectivity index (χ4v) is 8.57. The maximum absolute atomic E-state index is 13.2. The Labute approximate surface area is 219 Å². The van der Waals surface area contributed by atoms with Gasteiger partial charge in [-0.1, -0.05) is 30.3 Å². The number of hydrogen-bond donors (Lipinski definition) is 3. The number of rotatable bonds is 7. The van der Waals surface area contributed by atoms with Gasteiger partial charge in [-0.3, -0.25) is 14.5 Å². The fraction of sp³-hybridized carbons (Fsp3) is 0.538. The number of nitrogens with one attached hydrogen (secondary N) is 1. The molecule has 4 N–H and O–H groups in total. The van der Waals surface area contributed by atoms with Crippen LogP contribution in [0.25, 0.3) is 0 Å². The first-order chi connectivity index (χ1) is 17.1. The maximum Gasteiger partial charge on any atom is 0.352 e. The van der Waals surface area contributed by atoms with Crippen molar-refractivity contribution in [3.63, 3.8) is 0 Å². The Hall–Kier alpha value is -2.59. The first-order valence-corrected chi connectivity index (χ1v) is 14.2. The van der Waals surface area contributed by atoms with Crippen molar-refractivity contribution in [2.45, 2.75) is 80.0 Å². The Balaban J connectivity index is 1.30. The van der Waals surface area contributed by atoms with Crippen molar-refractivity contribution in [1.82, 2.24) is 15.2 Å². The van der Waals surface area contributed by atoms with Crippen molar-refractivity contribution in [2.24, 2.45) is 5.92 Å². The van der Waals surface area contributed by atoms with E-state index in [9.17, 15) is 19.5 Å². The van der Waals surface area contributed by atoms with Crippen LogP contribution in [0.4, 0.5) is 5.13 Å². The van der Waals surface area contributed by atoms with Crippen molar-refractivity contribution >= 4 is 46.0 Å². The molecule has 8 nitrogen and oxygen atoms in total. The standard InChI is InChI=1S/C26H32N4O4S2/c1-25(2)26(23(33)34,30-21(32)13-22(30)36-25)29-20(31)11-10-16-8-9-17(15-6-4-3-5-7-15)12-18(16)19-14-35-24(27)28-19/h3-7,14,16-18,22H,8-13H2,1-2H3,(H2,27,28)(H,29,31)(H,33,34)/t16?,17-,18+,22+,26-/m0/s1. The second-order valence-corrected chi connectivity index (χ2v) is 13.2. The number of carboxylic acid groups (broad SMARTS) is 1. The lowest BCUT2D eigenvalue weighted by atomic mass is 9.69. The van der Waals surface area contributed by atoms with Crippen LogP contribution >= 0.6 is 23.1 Å². The van der Waals surface area contributed by atoms with Gasteiger partial charge in [0, 0.05) is 17.7 Å². The Bertz CT molecular complexity index is 1170. The SMILES string of the molecule is CC1(C)S[C@@H]2CC(=O)N2[C@@]1(NC(=O)CCC1CC[C@H](c2ccccc2)C[C@H]1c1csc(N)n1)C(=O)O. The minimum atomic E-state index is -1.73. The molecule has 3 fully saturated rings. The number of thiazole rings is 1. The summed E-state index contributed by atoms with van der Waals surface area (Å²) >= 11 is 2.87. The maximum atomic E-state index is 13.2. The number of benzene rings is 1. The number of hydrogen-bond acceptors (Lipinski definition) is 7. The van der Waals surface area contributed by atoms with E-state index in [0.29, 0.717) is 23.9 Å². The van der Waals surface area contributed by atoms with Gasteiger partial charge in [0.05, 0.1) is 22.2 Å². The lowest BCUT2D eigenvalue weighted by Crippen LogP contribution is -2.75. The second kappa shape index (κ2) is 9.37. The van der Waals surface area contributed by atoms with Crippen molar-refractivity contribution in [3.05, 3.63) is 47.0 Å². The van der Waals surface area contributed by atoms with Crippen LogP contribution in [0.2, 0.25) is 0 Å². The molecule has 1 saturated carbocycles. The molecule has 0 radical (unpaired) electrons. The third kappa shape index (κ3) is 4.18. The molecule has 2 aromatic rings. The summed E-state index contributed by atoms with van der Waals surface area (Å²) in [6.07, 6.45) is 4.04. The third-order valence-corrected chi connectivity index (χ3v) is 10.4. The molecule has 192 valence electrons. The van der Waals surface area contributed by atoms with Crippen molar-refractivity contribution < 1.29 is 19.5 Å². The number of carbonyl (C=O) groups is 3. The zero-order valence-electron chi connectivity index (χ0n) is 20.5. The van der Waals surface area contributed by atoms with Crippen molar-refractivity contribution in [1.29, 1.82) is 0 Å². The molecular formula is C26H32N4O4S2. The van der Waals surface area contributed by atoms with E-state index >= 15 is 0 Å². The molecule has 0 bridgehead atoms. The number of thioether (sulfide) groups is 1. The summed E-state index contributed by atoms with van der Waals surface area (Å²) in [6, 6.07) is 10.5. The monoisotopic (exact) mass is 528 g/mol. The van der Waals surface area contributed by atoms with E-state index in [1.807, 2.05) is 11.4 Å². The summed E-state index contributed by atoms with van der Waals surface area (Å²) in [6.45, 7) is 3.57. The lowest BCUT2D eigenvalue weighted by Gasteiger charge is -2.46. The number of β-lactam (4-membered cyclic amide) rings is 1. The summed E-state index contributed by atoms with van der Waals surface area (Å²) < 4.78 is -0.847. The molecule has 1 unspecified atom stereocenters. The molecule has 3 heterocycles. The first kappa shape index (κ1) is 25.1. The highest BCUT2D eigenvalue weighted by atomic mass is 32.2. The molecule has 1 aromatic carbocycles. The molecule has 5 rings (SSSR count). The van der Waals surface area contributed by atoms with Crippen LogP contribution in [0.15, 0.2) is 35.7 Å². The van der Waals surface area contributed by atoms with Crippen LogP contribution in [0, 0.1) is 5.92 Å². The topological polar surface area (TPSA) is 126 Å². The molecule has 10 heteroatoms. The van der Waals surface area contributed by atoms with E-state index in [0.717, 1.165) is 25.0 Å². The van der Waals surface area contributed by atoms with Crippen molar-refractivity contribution in [2.75, 3.05) is 5.73 Å². The average molecular weight is 529 g/mol. The zero-order valence-corrected chi connectivity index (χ0v) is 22.1. The normalized spacial score (nSPS) is 30.9. The smallest absolute Gasteiger partial charge is 0.352 e. The minimum absolute atomic E-state index is 0.179. The van der Waals surface area contributed by atoms with Gasteiger partial charge in [-0.2, -0.15) is 0 Å². The van der Waals surface area contributed by atoms with Crippen molar-refractivity contribution in [3.8, 4) is 0 Å². The predicted octanol–water partition coefficient (Wildman–Crippen LogP) is 4.15. The highest BCUT2D eigenvalue weighted by Crippen LogP contribution is 2.55. The lowest BCUT2D eigenvalue weighted by molar-refractivity contribution is -0.173. The van der Waals surface area contributed by atoms with Crippen LogP contribution in [-0.4, -0.2) is 48.6 Å². The number of anilines is 1. The minimum Gasteiger partial charge on any atom is -0.478 e. The van der Waals surface area contributed by atoms with Crippen LogP contribution in [0.3, 0.4) is 0 Å². The Morgan fingerprint density at radius 1 is 1.25 bits per heavy atom. The van der Waals surface area contributed by atoms with E-state index in [2.05, 4.69) is 34.6 Å². The van der Waals surface area contributed by atoms with Crippen LogP contribution in [0.1, 0.15) is 75.5 Å². The average Bonchev–Trinajstić information content (AvgIpc) is 3.34. The molecule has 3 aliphatic rings. The number of nitrogens with two attached hydrogens (primary N) is 1. The molecule has 2 aliphatic heterocycles. The largest absolute Gasteiger partial charge is 0.478 e. The van der Waals surface area contributed by atoms with Gasteiger partial charge in [-0.05, 0) is 56.9 Å². The van der Waals surface area contributed by atoms with E-state index in [1.54, 1.807) is 13.8 Å². The van der Waals surface area contributed by atoms with Gasteiger partial charge in [-0.25, -0.2) is 9.78 Å². The van der Waals surface area contributed by atoms with Gasteiger partial charge in [0.25, 0.3) is 0 Å². The molecular weight excluding hydrogens is 496 g/mol. The number of aliphatic carboxylic acids is 1. The number of nitrogen functional groups attached to an aromatic ring is 1. The fourth-order valence-electron chi connectivity index (χ4n) is 6.25. The molecule has 5 atom stereocenters. The van der Waals surface area contributed by atoms with Gasteiger partial charge in [-0.15, -0.1) is 23.1 Å². The summed E-state index contributed by atoms with van der Waals surface area (Å²) in [7, 11) is 0. The quantitative estimate of drug-likeness (QED) is 0.461. The zero-order chi connectivity index (χ0) is 25.7. The molecule has 2 amide bonds.